The van der Waals surface area contributed by atoms with Crippen LogP contribution in [-0.2, 0) is 5.88 Å². The number of hydrogen-bond acceptors (Lipinski definition) is 2. The first-order valence-electron chi connectivity index (χ1n) is 6.48. The molecular formula is C16H16Cl2O2. The van der Waals surface area contributed by atoms with Crippen LogP contribution in [0.15, 0.2) is 42.5 Å². The predicted molar refractivity (Wildman–Crippen MR) is 83.3 cm³/mol. The summed E-state index contributed by atoms with van der Waals surface area (Å²) in [7, 11) is 0. The van der Waals surface area contributed by atoms with Crippen molar-refractivity contribution in [2.45, 2.75) is 19.2 Å². The second kappa shape index (κ2) is 7.41. The van der Waals surface area contributed by atoms with Gasteiger partial charge in [0.1, 0.15) is 17.2 Å². The largest absolute Gasteiger partial charge is 0.494 e. The lowest BCUT2D eigenvalue weighted by molar-refractivity contribution is 0.317. The van der Waals surface area contributed by atoms with Gasteiger partial charge < -0.3 is 9.47 Å². The van der Waals surface area contributed by atoms with Crippen LogP contribution in [-0.4, -0.2) is 6.61 Å². The van der Waals surface area contributed by atoms with E-state index in [4.69, 9.17) is 32.7 Å². The van der Waals surface area contributed by atoms with E-state index in [1.54, 1.807) is 6.07 Å². The van der Waals surface area contributed by atoms with Gasteiger partial charge in [-0.2, -0.15) is 0 Å². The van der Waals surface area contributed by atoms with Crippen molar-refractivity contribution in [1.82, 2.24) is 0 Å². The predicted octanol–water partition coefficient (Wildman–Crippen LogP) is 5.66. The van der Waals surface area contributed by atoms with E-state index in [2.05, 4.69) is 6.92 Å². The molecule has 0 fully saturated rings. The summed E-state index contributed by atoms with van der Waals surface area (Å²) >= 11 is 11.8. The first kappa shape index (κ1) is 15.0. The van der Waals surface area contributed by atoms with E-state index in [0.29, 0.717) is 23.3 Å². The maximum Gasteiger partial charge on any atom is 0.131 e. The molecule has 2 rings (SSSR count). The maximum atomic E-state index is 5.94. The van der Waals surface area contributed by atoms with Gasteiger partial charge in [0.2, 0.25) is 0 Å². The van der Waals surface area contributed by atoms with Gasteiger partial charge in [-0.25, -0.2) is 0 Å². The van der Waals surface area contributed by atoms with Gasteiger partial charge in [0.25, 0.3) is 0 Å². The van der Waals surface area contributed by atoms with Crippen LogP contribution in [0, 0.1) is 0 Å². The highest BCUT2D eigenvalue weighted by Gasteiger charge is 2.05. The van der Waals surface area contributed by atoms with Crippen LogP contribution in [0.2, 0.25) is 5.02 Å². The molecule has 0 spiro atoms. The van der Waals surface area contributed by atoms with Crippen molar-refractivity contribution in [2.75, 3.05) is 6.61 Å². The number of benzene rings is 2. The van der Waals surface area contributed by atoms with E-state index in [-0.39, 0.29) is 0 Å². The van der Waals surface area contributed by atoms with Crippen LogP contribution >= 0.6 is 23.2 Å². The fraction of sp³-hybridized carbons (Fsp3) is 0.250. The number of ether oxygens (including phenoxy) is 2. The van der Waals surface area contributed by atoms with Gasteiger partial charge in [0.05, 0.1) is 12.5 Å². The molecule has 4 heteroatoms. The van der Waals surface area contributed by atoms with Crippen molar-refractivity contribution in [3.63, 3.8) is 0 Å². The molecule has 0 saturated heterocycles. The van der Waals surface area contributed by atoms with Crippen LogP contribution in [0.3, 0.4) is 0 Å². The fourth-order valence-electron chi connectivity index (χ4n) is 1.70. The van der Waals surface area contributed by atoms with Gasteiger partial charge >= 0.3 is 0 Å². The lowest BCUT2D eigenvalue weighted by Crippen LogP contribution is -1.95. The Kier molecular flexibility index (Phi) is 5.57. The van der Waals surface area contributed by atoms with Gasteiger partial charge in [-0.1, -0.05) is 18.5 Å². The Bertz CT molecular complexity index is 553. The number of halogens is 2. The molecule has 0 heterocycles. The molecule has 0 aromatic heterocycles. The van der Waals surface area contributed by atoms with E-state index in [1.807, 2.05) is 36.4 Å². The van der Waals surface area contributed by atoms with Gasteiger partial charge in [-0.05, 0) is 48.9 Å². The SMILES string of the molecule is CCCOc1ccc(Oc2ccc(Cl)cc2CCl)cc1. The molecule has 2 nitrogen and oxygen atoms in total. The van der Waals surface area contributed by atoms with Crippen LogP contribution in [0.4, 0.5) is 0 Å². The third-order valence-corrected chi connectivity index (χ3v) is 3.21. The van der Waals surface area contributed by atoms with Gasteiger partial charge in [-0.3, -0.25) is 0 Å². The Labute approximate surface area is 129 Å². The first-order chi connectivity index (χ1) is 9.72. The number of hydrogen-bond donors (Lipinski definition) is 0. The lowest BCUT2D eigenvalue weighted by Gasteiger charge is -2.11. The van der Waals surface area contributed by atoms with E-state index in [9.17, 15) is 0 Å². The molecule has 2 aromatic carbocycles. The normalized spacial score (nSPS) is 10.3. The van der Waals surface area contributed by atoms with Crippen molar-refractivity contribution in [1.29, 1.82) is 0 Å². The summed E-state index contributed by atoms with van der Waals surface area (Å²) < 4.78 is 11.3. The molecule has 106 valence electrons. The number of alkyl halides is 1. The van der Waals surface area contributed by atoms with Crippen molar-refractivity contribution >= 4 is 23.2 Å². The summed E-state index contributed by atoms with van der Waals surface area (Å²) in [6.45, 7) is 2.79. The van der Waals surface area contributed by atoms with Crippen LogP contribution in [0.5, 0.6) is 17.2 Å². The Hall–Kier alpha value is -1.38. The lowest BCUT2D eigenvalue weighted by atomic mass is 10.2. The minimum absolute atomic E-state index is 0.355. The van der Waals surface area contributed by atoms with Crippen LogP contribution in [0.1, 0.15) is 18.9 Å². The second-order valence-electron chi connectivity index (χ2n) is 4.31. The Morgan fingerprint density at radius 1 is 1.00 bits per heavy atom. The van der Waals surface area contributed by atoms with Crippen molar-refractivity contribution < 1.29 is 9.47 Å². The highest BCUT2D eigenvalue weighted by atomic mass is 35.5. The zero-order valence-electron chi connectivity index (χ0n) is 11.2. The molecule has 0 aliphatic heterocycles. The molecule has 0 atom stereocenters. The van der Waals surface area contributed by atoms with Crippen LogP contribution in [0.25, 0.3) is 0 Å². The van der Waals surface area contributed by atoms with Gasteiger partial charge in [0, 0.05) is 10.6 Å². The van der Waals surface area contributed by atoms with Crippen LogP contribution < -0.4 is 9.47 Å². The summed E-state index contributed by atoms with van der Waals surface area (Å²) in [6, 6.07) is 12.9. The molecule has 0 amide bonds. The highest BCUT2D eigenvalue weighted by Crippen LogP contribution is 2.29. The Balaban J connectivity index is 2.10. The average molecular weight is 311 g/mol. The molecule has 20 heavy (non-hydrogen) atoms. The van der Waals surface area contributed by atoms with E-state index in [0.717, 1.165) is 23.5 Å². The molecule has 0 N–H and O–H groups in total. The van der Waals surface area contributed by atoms with Crippen molar-refractivity contribution in [3.05, 3.63) is 53.1 Å². The van der Waals surface area contributed by atoms with Crippen molar-refractivity contribution in [2.24, 2.45) is 0 Å². The quantitative estimate of drug-likeness (QED) is 0.641. The number of rotatable bonds is 6. The summed E-state index contributed by atoms with van der Waals surface area (Å²) in [5.41, 5.74) is 0.866. The minimum atomic E-state index is 0.355. The molecule has 0 unspecified atom stereocenters. The second-order valence-corrected chi connectivity index (χ2v) is 5.01. The standard InChI is InChI=1S/C16H16Cl2O2/c1-2-9-19-14-4-6-15(7-5-14)20-16-8-3-13(18)10-12(16)11-17/h3-8,10H,2,9,11H2,1H3. The minimum Gasteiger partial charge on any atom is -0.494 e. The topological polar surface area (TPSA) is 18.5 Å². The van der Waals surface area contributed by atoms with E-state index >= 15 is 0 Å². The third-order valence-electron chi connectivity index (χ3n) is 2.69. The molecule has 0 radical (unpaired) electrons. The Morgan fingerprint density at radius 2 is 1.70 bits per heavy atom. The van der Waals surface area contributed by atoms with E-state index in [1.165, 1.54) is 0 Å². The third kappa shape index (κ3) is 4.06. The van der Waals surface area contributed by atoms with Gasteiger partial charge in [0.15, 0.2) is 0 Å². The zero-order valence-corrected chi connectivity index (χ0v) is 12.7. The molecular weight excluding hydrogens is 295 g/mol. The first-order valence-corrected chi connectivity index (χ1v) is 7.39. The zero-order chi connectivity index (χ0) is 14.4. The molecule has 0 aliphatic carbocycles. The van der Waals surface area contributed by atoms with Crippen molar-refractivity contribution in [3.8, 4) is 17.2 Å². The highest BCUT2D eigenvalue weighted by molar-refractivity contribution is 6.30. The molecule has 2 aromatic rings. The molecule has 0 bridgehead atoms. The maximum absolute atomic E-state index is 5.94. The molecule has 0 aliphatic rings. The summed E-state index contributed by atoms with van der Waals surface area (Å²) in [4.78, 5) is 0. The Morgan fingerprint density at radius 3 is 2.35 bits per heavy atom. The smallest absolute Gasteiger partial charge is 0.131 e. The average Bonchev–Trinajstić information content (AvgIpc) is 2.48. The summed E-state index contributed by atoms with van der Waals surface area (Å²) in [6.07, 6.45) is 0.988. The van der Waals surface area contributed by atoms with E-state index < -0.39 is 0 Å². The summed E-state index contributed by atoms with van der Waals surface area (Å²) in [5.74, 6) is 2.65. The monoisotopic (exact) mass is 310 g/mol. The molecule has 0 saturated carbocycles. The fourth-order valence-corrected chi connectivity index (χ4v) is 2.11. The van der Waals surface area contributed by atoms with Gasteiger partial charge in [-0.15, -0.1) is 11.6 Å². The summed E-state index contributed by atoms with van der Waals surface area (Å²) in [5, 5.41) is 0.649.